The Bertz CT molecular complexity index is 2200. The second-order valence-corrected chi connectivity index (χ2v) is 16.7. The molecule has 1 aromatic heterocycles. The molecular formula is C43H52N3O12+. The molecule has 1 spiro atoms. The van der Waals surface area contributed by atoms with Crippen molar-refractivity contribution in [2.45, 2.75) is 107 Å². The minimum atomic E-state index is -2.25. The van der Waals surface area contributed by atoms with Crippen molar-refractivity contribution in [3.8, 4) is 11.5 Å². The zero-order chi connectivity index (χ0) is 40.9. The van der Waals surface area contributed by atoms with Gasteiger partial charge in [0, 0.05) is 55.6 Å². The Morgan fingerprint density at radius 1 is 1.12 bits per heavy atom. The number of aliphatic hydroxyl groups excluding tert-OH is 4. The number of nitrogens with zero attached hydrogens (tertiary/aromatic N) is 1. The summed E-state index contributed by atoms with van der Waals surface area (Å²) in [7, 11) is 0. The van der Waals surface area contributed by atoms with E-state index in [1.54, 1.807) is 19.2 Å². The summed E-state index contributed by atoms with van der Waals surface area (Å²) in [6.07, 6.45) is 3.15. The van der Waals surface area contributed by atoms with Crippen molar-refractivity contribution in [2.24, 2.45) is 16.8 Å². The predicted octanol–water partition coefficient (Wildman–Crippen LogP) is 1.33. The summed E-state index contributed by atoms with van der Waals surface area (Å²) in [5, 5.41) is 66.9. The number of hydrogen-bond donors (Lipinski definition) is 8. The van der Waals surface area contributed by atoms with E-state index in [1.165, 1.54) is 30.3 Å². The van der Waals surface area contributed by atoms with Crippen LogP contribution in [-0.4, -0.2) is 104 Å². The fourth-order valence-electron chi connectivity index (χ4n) is 9.75. The number of aromatic hydroxyl groups is 1. The molecule has 10 atom stereocenters. The van der Waals surface area contributed by atoms with E-state index >= 15 is 0 Å². The van der Waals surface area contributed by atoms with E-state index in [0.717, 1.165) is 35.4 Å². The van der Waals surface area contributed by atoms with Gasteiger partial charge in [-0.25, -0.2) is 9.78 Å². The summed E-state index contributed by atoms with van der Waals surface area (Å²) >= 11 is 0. The third-order valence-corrected chi connectivity index (χ3v) is 12.8. The highest BCUT2D eigenvalue weighted by Gasteiger charge is 2.54. The number of amides is 1. The largest absolute Gasteiger partial charge is 0.508 e. The Morgan fingerprint density at radius 3 is 2.64 bits per heavy atom. The second-order valence-electron chi connectivity index (χ2n) is 16.7. The quantitative estimate of drug-likeness (QED) is 0.0906. The van der Waals surface area contributed by atoms with Gasteiger partial charge >= 0.3 is 0 Å². The zero-order valence-electron chi connectivity index (χ0n) is 32.6. The van der Waals surface area contributed by atoms with Crippen LogP contribution in [0.3, 0.4) is 0 Å². The van der Waals surface area contributed by atoms with Gasteiger partial charge in [0.25, 0.3) is 0 Å². The minimum Gasteiger partial charge on any atom is -0.508 e. The molecular weight excluding hydrogens is 750 g/mol. The van der Waals surface area contributed by atoms with Gasteiger partial charge in [0.1, 0.15) is 71.7 Å². The summed E-state index contributed by atoms with van der Waals surface area (Å²) in [6.45, 7) is 2.86. The Hall–Kier alpha value is -4.45. The van der Waals surface area contributed by atoms with Crippen LogP contribution in [0.15, 0.2) is 74.1 Å². The number of carbonyl (C=O) groups excluding carboxylic acids is 1. The summed E-state index contributed by atoms with van der Waals surface area (Å²) in [5.74, 6) is 1.22. The van der Waals surface area contributed by atoms with E-state index in [1.807, 2.05) is 12.3 Å². The molecule has 58 heavy (non-hydrogen) atoms. The van der Waals surface area contributed by atoms with Crippen molar-refractivity contribution >= 4 is 28.8 Å². The first kappa shape index (κ1) is 40.3. The first-order chi connectivity index (χ1) is 27.8. The van der Waals surface area contributed by atoms with Gasteiger partial charge in [-0.2, -0.15) is 0 Å². The smallest absolute Gasteiger partial charge is 0.222 e. The van der Waals surface area contributed by atoms with E-state index in [4.69, 9.17) is 18.9 Å². The molecule has 1 amide bonds. The second kappa shape index (κ2) is 16.0. The molecule has 8 rings (SSSR count). The highest BCUT2D eigenvalue weighted by molar-refractivity contribution is 5.90. The number of fused-ring (bicyclic) bond motifs is 3. The van der Waals surface area contributed by atoms with Crippen molar-refractivity contribution in [1.29, 1.82) is 0 Å². The number of nitrogens with one attached hydrogen (secondary N) is 2. The molecule has 310 valence electrons. The average molecular weight is 803 g/mol. The van der Waals surface area contributed by atoms with Gasteiger partial charge in [0.05, 0.1) is 12.0 Å². The number of rotatable bonds is 13. The highest BCUT2D eigenvalue weighted by atomic mass is 17.2. The number of carbonyl (C=O) groups is 1. The van der Waals surface area contributed by atoms with Crippen LogP contribution < -0.4 is 20.4 Å². The number of allylic oxidation sites excluding steroid dienone is 1. The zero-order valence-corrected chi connectivity index (χ0v) is 32.6. The molecule has 3 aromatic rings. The summed E-state index contributed by atoms with van der Waals surface area (Å²) < 4.78 is 13.7. The molecule has 15 heteroatoms. The molecule has 5 aliphatic rings. The van der Waals surface area contributed by atoms with Crippen molar-refractivity contribution < 1.29 is 59.3 Å². The predicted molar refractivity (Wildman–Crippen MR) is 209 cm³/mol. The number of aryl methyl sites for hydroxylation is 1. The summed E-state index contributed by atoms with van der Waals surface area (Å²) in [6, 6.07) is 9.10. The highest BCUT2D eigenvalue weighted by Crippen LogP contribution is 2.51. The van der Waals surface area contributed by atoms with E-state index < -0.39 is 48.8 Å². The van der Waals surface area contributed by atoms with Crippen molar-refractivity contribution in [3.05, 3.63) is 87.1 Å². The lowest BCUT2D eigenvalue weighted by atomic mass is 9.68. The lowest BCUT2D eigenvalue weighted by molar-refractivity contribution is -0.793. The maximum Gasteiger partial charge on any atom is 0.222 e. The van der Waals surface area contributed by atoms with Crippen molar-refractivity contribution in [1.82, 2.24) is 5.32 Å². The molecule has 0 radical (unpaired) electrons. The van der Waals surface area contributed by atoms with Crippen LogP contribution in [0.5, 0.6) is 11.5 Å². The number of aliphatic hydroxyl groups is 5. The van der Waals surface area contributed by atoms with Crippen LogP contribution in [0.25, 0.3) is 11.0 Å². The lowest BCUT2D eigenvalue weighted by Gasteiger charge is -2.49. The third kappa shape index (κ3) is 7.39. The van der Waals surface area contributed by atoms with Crippen LogP contribution in [0.4, 0.5) is 5.69 Å². The summed E-state index contributed by atoms with van der Waals surface area (Å²) in [4.78, 5) is 43.8. The average Bonchev–Trinajstić information content (AvgIpc) is 3.94. The first-order valence-corrected chi connectivity index (χ1v) is 20.2. The molecule has 2 aromatic carbocycles. The van der Waals surface area contributed by atoms with Crippen LogP contribution in [0.2, 0.25) is 0 Å². The number of ether oxygens (including phenoxy) is 1. The van der Waals surface area contributed by atoms with Gasteiger partial charge in [-0.1, -0.05) is 19.1 Å². The normalized spacial score (nSPS) is 28.9. The van der Waals surface area contributed by atoms with Gasteiger partial charge in [-0.05, 0) is 74.3 Å². The number of phenolic OH excluding ortho intramolecular Hbond substituents is 1. The molecule has 2 fully saturated rings. The van der Waals surface area contributed by atoms with Crippen LogP contribution in [0, 0.1) is 18.8 Å². The lowest BCUT2D eigenvalue weighted by Crippen LogP contribution is -3.05. The number of aliphatic imine (C=N–C) groups is 1. The number of quaternary nitrogens is 1. The van der Waals surface area contributed by atoms with Crippen LogP contribution in [0.1, 0.15) is 62.3 Å². The number of phenols is 1. The topological polar surface area (TPSA) is 225 Å². The fraction of sp³-hybridized carbons (Fsp3) is 0.512. The molecule has 15 nitrogen and oxygen atoms in total. The Balaban J connectivity index is 1.18. The molecule has 0 bridgehead atoms. The van der Waals surface area contributed by atoms with E-state index in [2.05, 4.69) is 17.2 Å². The first-order valence-electron chi connectivity index (χ1n) is 20.2. The number of hydrogen-bond acceptors (Lipinski definition) is 13. The molecule has 1 saturated carbocycles. The minimum absolute atomic E-state index is 0.00795. The summed E-state index contributed by atoms with van der Waals surface area (Å²) in [5.41, 5.74) is 0.768. The molecule has 4 aliphatic heterocycles. The van der Waals surface area contributed by atoms with Gasteiger partial charge in [0.2, 0.25) is 17.2 Å². The van der Waals surface area contributed by atoms with Gasteiger partial charge < -0.3 is 45.1 Å². The van der Waals surface area contributed by atoms with Gasteiger partial charge in [-0.15, -0.1) is 0 Å². The van der Waals surface area contributed by atoms with Gasteiger partial charge in [0.15, 0.2) is 11.2 Å². The molecule has 5 heterocycles. The Morgan fingerprint density at radius 2 is 1.91 bits per heavy atom. The van der Waals surface area contributed by atoms with Crippen LogP contribution in [-0.2, 0) is 27.4 Å². The molecule has 1 aliphatic carbocycles. The maximum atomic E-state index is 13.7. The maximum absolute atomic E-state index is 13.7. The molecule has 8 N–H and O–H groups in total. The molecule has 1 saturated heterocycles. The van der Waals surface area contributed by atoms with E-state index in [-0.39, 0.29) is 47.8 Å². The fourth-order valence-corrected chi connectivity index (χ4v) is 9.75. The SMILES string of the molecule is CCC1C2=CC=NC2=C[NH+]1c1c2c(cc3c(=O)cc(C)oc13)CC(OOCC(O)(Cc1ccc(O)cc1)C(O)C(O)C(O)CO)C1(CCCC(C3CNC(=O)C3)C1)O2. The number of benzene rings is 2. The van der Waals surface area contributed by atoms with Crippen molar-refractivity contribution in [3.63, 3.8) is 0 Å². The third-order valence-electron chi connectivity index (χ3n) is 12.8. The van der Waals surface area contributed by atoms with Crippen LogP contribution >= 0.6 is 0 Å². The Labute approximate surface area is 334 Å². The van der Waals surface area contributed by atoms with Crippen molar-refractivity contribution in [2.75, 3.05) is 19.8 Å². The van der Waals surface area contributed by atoms with Gasteiger partial charge in [-0.3, -0.25) is 19.5 Å². The molecule has 10 unspecified atom stereocenters. The van der Waals surface area contributed by atoms with E-state index in [9.17, 15) is 40.2 Å². The monoisotopic (exact) mass is 802 g/mol. The Kier molecular flexibility index (Phi) is 11.1. The van der Waals surface area contributed by atoms with E-state index in [0.29, 0.717) is 65.1 Å². The standard InChI is InChI=1S/C43H51N3O12/c1-3-32-29-10-12-44-31(29)20-46(32)37-39-26(14-30-33(49)13-23(2)56-40(30)37)15-35(43(57-39)11-4-5-25(18-43)27-16-36(51)45-19-27)58-55-22-42(54,41(53)38(52)34(50)21-47)17-24-6-8-28(48)9-7-24/h6-10,12-14,20,25,27,32,34-35,38,41,47-48,50,52-54H,3-5,11,15-19,21-22H2,1-2H3,(H,45,51)/p+1.